The van der Waals surface area contributed by atoms with Crippen molar-refractivity contribution in [2.45, 2.75) is 18.9 Å². The molecule has 1 amide bonds. The summed E-state index contributed by atoms with van der Waals surface area (Å²) in [6, 6.07) is 4.66. The molecule has 1 N–H and O–H groups in total. The van der Waals surface area contributed by atoms with Crippen LogP contribution in [0.2, 0.25) is 10.0 Å². The first-order valence-corrected chi connectivity index (χ1v) is 8.81. The van der Waals surface area contributed by atoms with E-state index in [1.165, 1.54) is 6.07 Å². The fourth-order valence-electron chi connectivity index (χ4n) is 4.34. The maximum absolute atomic E-state index is 12.4. The number of benzene rings is 1. The minimum atomic E-state index is -0.507. The van der Waals surface area contributed by atoms with E-state index in [0.717, 1.165) is 6.42 Å². The second-order valence-corrected chi connectivity index (χ2v) is 7.55. The van der Waals surface area contributed by atoms with E-state index < -0.39 is 30.3 Å². The van der Waals surface area contributed by atoms with Gasteiger partial charge in [0.15, 0.2) is 6.61 Å². The number of carbonyl (C=O) groups is 3. The summed E-state index contributed by atoms with van der Waals surface area (Å²) < 4.78 is 10.4. The molecule has 0 aromatic heterocycles. The molecule has 2 aliphatic carbocycles. The van der Waals surface area contributed by atoms with Crippen LogP contribution in [-0.4, -0.2) is 30.6 Å². The van der Waals surface area contributed by atoms with E-state index in [1.807, 2.05) is 0 Å². The zero-order valence-corrected chi connectivity index (χ0v) is 14.5. The highest BCUT2D eigenvalue weighted by molar-refractivity contribution is 6.36. The SMILES string of the molecule is O=C(COC(=O)[C@@H]1[C@@H]2C[C@@H]3[C@@H]1C(=O)O[C@H]3C2)Nc1ccc(Cl)cc1Cl. The number of halogens is 2. The van der Waals surface area contributed by atoms with Gasteiger partial charge in [0.1, 0.15) is 6.10 Å². The number of anilines is 1. The van der Waals surface area contributed by atoms with Gasteiger partial charge in [-0.25, -0.2) is 0 Å². The third-order valence-electron chi connectivity index (χ3n) is 5.31. The lowest BCUT2D eigenvalue weighted by atomic mass is 9.80. The number of esters is 2. The summed E-state index contributed by atoms with van der Waals surface area (Å²) in [7, 11) is 0. The molecule has 1 heterocycles. The summed E-state index contributed by atoms with van der Waals surface area (Å²) in [5, 5.41) is 3.30. The van der Waals surface area contributed by atoms with Gasteiger partial charge in [-0.05, 0) is 37.0 Å². The number of hydrogen-bond donors (Lipinski definition) is 1. The summed E-state index contributed by atoms with van der Waals surface area (Å²) in [4.78, 5) is 36.3. The van der Waals surface area contributed by atoms with Crippen LogP contribution in [0, 0.1) is 23.7 Å². The summed E-state index contributed by atoms with van der Waals surface area (Å²) in [6.45, 7) is -0.434. The molecular weight excluding hydrogens is 369 g/mol. The van der Waals surface area contributed by atoms with Crippen LogP contribution < -0.4 is 5.32 Å². The molecule has 0 radical (unpaired) electrons. The Hall–Kier alpha value is -1.79. The quantitative estimate of drug-likeness (QED) is 0.808. The Labute approximate surface area is 153 Å². The molecule has 8 heteroatoms. The van der Waals surface area contributed by atoms with E-state index in [9.17, 15) is 14.4 Å². The number of rotatable bonds is 4. The Balaban J connectivity index is 1.34. The first-order valence-electron chi connectivity index (χ1n) is 8.06. The van der Waals surface area contributed by atoms with Gasteiger partial charge in [-0.2, -0.15) is 0 Å². The summed E-state index contributed by atoms with van der Waals surface area (Å²) in [6.07, 6.45) is 1.48. The Kier molecular flexibility index (Phi) is 4.12. The second-order valence-electron chi connectivity index (χ2n) is 6.70. The maximum atomic E-state index is 12.4. The molecule has 1 aromatic rings. The van der Waals surface area contributed by atoms with Crippen LogP contribution in [0.4, 0.5) is 5.69 Å². The van der Waals surface area contributed by atoms with Crippen LogP contribution in [-0.2, 0) is 23.9 Å². The largest absolute Gasteiger partial charge is 0.462 e. The molecule has 132 valence electrons. The average molecular weight is 384 g/mol. The number of hydrogen-bond acceptors (Lipinski definition) is 5. The van der Waals surface area contributed by atoms with Crippen LogP contribution in [0.1, 0.15) is 12.8 Å². The lowest BCUT2D eigenvalue weighted by Crippen LogP contribution is -2.34. The predicted octanol–water partition coefficient (Wildman–Crippen LogP) is 2.67. The van der Waals surface area contributed by atoms with Crippen molar-refractivity contribution in [3.05, 3.63) is 28.2 Å². The molecule has 0 spiro atoms. The van der Waals surface area contributed by atoms with Gasteiger partial charge in [-0.15, -0.1) is 0 Å². The number of fused-ring (bicyclic) bond motifs is 1. The maximum Gasteiger partial charge on any atom is 0.310 e. The van der Waals surface area contributed by atoms with Gasteiger partial charge >= 0.3 is 11.9 Å². The molecule has 5 atom stereocenters. The number of nitrogens with one attached hydrogen (secondary N) is 1. The smallest absolute Gasteiger partial charge is 0.310 e. The van der Waals surface area contributed by atoms with Gasteiger partial charge in [0.25, 0.3) is 5.91 Å². The van der Waals surface area contributed by atoms with Gasteiger partial charge in [0, 0.05) is 10.9 Å². The predicted molar refractivity (Wildman–Crippen MR) is 89.1 cm³/mol. The van der Waals surface area contributed by atoms with Gasteiger partial charge in [0.2, 0.25) is 0 Å². The number of amides is 1. The van der Waals surface area contributed by atoms with Crippen LogP contribution in [0.25, 0.3) is 0 Å². The van der Waals surface area contributed by atoms with E-state index in [1.54, 1.807) is 12.1 Å². The van der Waals surface area contributed by atoms with Crippen molar-refractivity contribution in [1.29, 1.82) is 0 Å². The molecule has 1 aromatic carbocycles. The van der Waals surface area contributed by atoms with Gasteiger partial charge in [-0.1, -0.05) is 23.2 Å². The lowest BCUT2D eigenvalue weighted by Gasteiger charge is -2.22. The molecule has 25 heavy (non-hydrogen) atoms. The van der Waals surface area contributed by atoms with Gasteiger partial charge in [-0.3, -0.25) is 14.4 Å². The highest BCUT2D eigenvalue weighted by atomic mass is 35.5. The van der Waals surface area contributed by atoms with Crippen molar-refractivity contribution < 1.29 is 23.9 Å². The summed E-state index contributed by atoms with van der Waals surface area (Å²) in [5.41, 5.74) is 0.384. The van der Waals surface area contributed by atoms with E-state index in [2.05, 4.69) is 5.32 Å². The molecule has 4 rings (SSSR count). The number of ether oxygens (including phenoxy) is 2. The van der Waals surface area contributed by atoms with Crippen molar-refractivity contribution in [1.82, 2.24) is 0 Å². The summed E-state index contributed by atoms with van der Waals surface area (Å²) in [5.74, 6) is -2.01. The minimum absolute atomic E-state index is 0.0399. The molecule has 6 nitrogen and oxygen atoms in total. The summed E-state index contributed by atoms with van der Waals surface area (Å²) >= 11 is 11.8. The second kappa shape index (κ2) is 6.18. The Bertz CT molecular complexity index is 765. The first-order chi connectivity index (χ1) is 11.9. The normalized spacial score (nSPS) is 31.8. The van der Waals surface area contributed by atoms with Crippen molar-refractivity contribution in [3.63, 3.8) is 0 Å². The molecule has 2 bridgehead atoms. The number of carbonyl (C=O) groups excluding carboxylic acids is 3. The molecule has 2 saturated carbocycles. The Morgan fingerprint density at radius 2 is 2.08 bits per heavy atom. The fraction of sp³-hybridized carbons (Fsp3) is 0.471. The Morgan fingerprint density at radius 3 is 2.84 bits per heavy atom. The zero-order valence-electron chi connectivity index (χ0n) is 13.0. The highest BCUT2D eigenvalue weighted by Crippen LogP contribution is 2.57. The highest BCUT2D eigenvalue weighted by Gasteiger charge is 2.64. The van der Waals surface area contributed by atoms with E-state index in [-0.39, 0.29) is 23.9 Å². The van der Waals surface area contributed by atoms with Crippen molar-refractivity contribution in [2.75, 3.05) is 11.9 Å². The standard InChI is InChI=1S/C17H15Cl2NO5/c18-8-1-2-11(10(19)5-8)20-13(21)6-24-16(22)14-7-3-9-12(4-7)25-17(23)15(9)14/h1-2,5,7,9,12,14-15H,3-4,6H2,(H,20,21)/t7-,9+,12+,14-,15+/m1/s1. The van der Waals surface area contributed by atoms with Crippen LogP contribution in [0.15, 0.2) is 18.2 Å². The topological polar surface area (TPSA) is 81.7 Å². The molecule has 3 aliphatic rings. The monoisotopic (exact) mass is 383 g/mol. The first kappa shape index (κ1) is 16.7. The fourth-order valence-corrected chi connectivity index (χ4v) is 4.79. The van der Waals surface area contributed by atoms with Gasteiger partial charge in [0.05, 0.1) is 22.5 Å². The third kappa shape index (κ3) is 2.87. The van der Waals surface area contributed by atoms with Gasteiger partial charge < -0.3 is 14.8 Å². The van der Waals surface area contributed by atoms with Crippen molar-refractivity contribution in [2.24, 2.45) is 23.7 Å². The van der Waals surface area contributed by atoms with E-state index in [4.69, 9.17) is 32.7 Å². The molecule has 3 fully saturated rings. The van der Waals surface area contributed by atoms with E-state index in [0.29, 0.717) is 22.2 Å². The van der Waals surface area contributed by atoms with Crippen molar-refractivity contribution in [3.8, 4) is 0 Å². The molecule has 1 aliphatic heterocycles. The minimum Gasteiger partial charge on any atom is -0.462 e. The molecule has 1 saturated heterocycles. The van der Waals surface area contributed by atoms with Crippen LogP contribution >= 0.6 is 23.2 Å². The Morgan fingerprint density at radius 1 is 1.28 bits per heavy atom. The average Bonchev–Trinajstić information content (AvgIpc) is 3.17. The molecule has 0 unspecified atom stereocenters. The van der Waals surface area contributed by atoms with Crippen LogP contribution in [0.5, 0.6) is 0 Å². The third-order valence-corrected chi connectivity index (χ3v) is 5.85. The van der Waals surface area contributed by atoms with E-state index >= 15 is 0 Å². The van der Waals surface area contributed by atoms with Crippen molar-refractivity contribution >= 4 is 46.7 Å². The van der Waals surface area contributed by atoms with Crippen LogP contribution in [0.3, 0.4) is 0 Å². The lowest BCUT2D eigenvalue weighted by molar-refractivity contribution is -0.157. The zero-order chi connectivity index (χ0) is 17.7. The molecular formula is C17H15Cl2NO5.